The molecule has 1 amide bonds. The lowest BCUT2D eigenvalue weighted by atomic mass is 9.97. The quantitative estimate of drug-likeness (QED) is 0.831. The van der Waals surface area contributed by atoms with Crippen molar-refractivity contribution >= 4 is 23.2 Å². The summed E-state index contributed by atoms with van der Waals surface area (Å²) in [6, 6.07) is 11.8. The second-order valence-corrected chi connectivity index (χ2v) is 6.96. The second kappa shape index (κ2) is 8.52. The van der Waals surface area contributed by atoms with Gasteiger partial charge < -0.3 is 15.3 Å². The standard InChI is InChI=1S/C20H22ClFN2O2/c21-18-5-2-6-19(22)17(18)12-23-16-4-1-3-15(11-16)20(26)24-9-7-14(13-25)8-10-24/h1-6,11,14,23,25H,7-10,12-13H2. The maximum Gasteiger partial charge on any atom is 0.253 e. The molecule has 26 heavy (non-hydrogen) atoms. The van der Waals surface area contributed by atoms with Gasteiger partial charge in [0.05, 0.1) is 0 Å². The van der Waals surface area contributed by atoms with E-state index in [0.717, 1.165) is 18.5 Å². The smallest absolute Gasteiger partial charge is 0.253 e. The average molecular weight is 377 g/mol. The SMILES string of the molecule is O=C(c1cccc(NCc2c(F)cccc2Cl)c1)N1CCC(CO)CC1. The van der Waals surface area contributed by atoms with Crippen LogP contribution in [0.25, 0.3) is 0 Å². The number of anilines is 1. The topological polar surface area (TPSA) is 52.6 Å². The van der Waals surface area contributed by atoms with Crippen LogP contribution in [0.15, 0.2) is 42.5 Å². The Morgan fingerprint density at radius 1 is 1.23 bits per heavy atom. The molecule has 2 aromatic rings. The molecule has 0 aromatic heterocycles. The highest BCUT2D eigenvalue weighted by Gasteiger charge is 2.23. The van der Waals surface area contributed by atoms with Gasteiger partial charge in [-0.1, -0.05) is 23.7 Å². The molecule has 1 fully saturated rings. The number of benzene rings is 2. The van der Waals surface area contributed by atoms with Crippen molar-refractivity contribution in [1.82, 2.24) is 4.90 Å². The number of likely N-dealkylation sites (tertiary alicyclic amines) is 1. The molecule has 1 heterocycles. The second-order valence-electron chi connectivity index (χ2n) is 6.55. The Kier molecular flexibility index (Phi) is 6.12. The summed E-state index contributed by atoms with van der Waals surface area (Å²) < 4.78 is 13.9. The van der Waals surface area contributed by atoms with Crippen molar-refractivity contribution < 1.29 is 14.3 Å². The van der Waals surface area contributed by atoms with Crippen LogP contribution in [0.5, 0.6) is 0 Å². The van der Waals surface area contributed by atoms with Gasteiger partial charge >= 0.3 is 0 Å². The molecule has 138 valence electrons. The van der Waals surface area contributed by atoms with Gasteiger partial charge in [0, 0.05) is 48.1 Å². The summed E-state index contributed by atoms with van der Waals surface area (Å²) in [6.45, 7) is 1.74. The third-order valence-electron chi connectivity index (χ3n) is 4.80. The number of hydrogen-bond donors (Lipinski definition) is 2. The first kappa shape index (κ1) is 18.7. The van der Waals surface area contributed by atoms with Gasteiger partial charge in [0.25, 0.3) is 5.91 Å². The molecule has 0 bridgehead atoms. The predicted octanol–water partition coefficient (Wildman–Crippen LogP) is 3.94. The van der Waals surface area contributed by atoms with Crippen LogP contribution in [-0.4, -0.2) is 35.6 Å². The van der Waals surface area contributed by atoms with Crippen molar-refractivity contribution in [2.24, 2.45) is 5.92 Å². The Hall–Kier alpha value is -2.11. The fourth-order valence-corrected chi connectivity index (χ4v) is 3.38. The van der Waals surface area contributed by atoms with Crippen LogP contribution in [0.2, 0.25) is 5.02 Å². The molecular weight excluding hydrogens is 355 g/mol. The molecule has 0 atom stereocenters. The van der Waals surface area contributed by atoms with E-state index >= 15 is 0 Å². The minimum absolute atomic E-state index is 0.0195. The van der Waals surface area contributed by atoms with Crippen molar-refractivity contribution in [3.05, 3.63) is 64.4 Å². The first-order valence-corrected chi connectivity index (χ1v) is 9.13. The number of amides is 1. The third-order valence-corrected chi connectivity index (χ3v) is 5.15. The van der Waals surface area contributed by atoms with Gasteiger partial charge in [-0.15, -0.1) is 0 Å². The van der Waals surface area contributed by atoms with Crippen molar-refractivity contribution in [3.8, 4) is 0 Å². The number of halogens is 2. The summed E-state index contributed by atoms with van der Waals surface area (Å²) in [5.74, 6) is -0.0875. The number of carbonyl (C=O) groups is 1. The number of carbonyl (C=O) groups excluding carboxylic acids is 1. The Balaban J connectivity index is 1.65. The molecule has 0 unspecified atom stereocenters. The first-order valence-electron chi connectivity index (χ1n) is 8.75. The number of rotatable bonds is 5. The van der Waals surface area contributed by atoms with E-state index in [0.29, 0.717) is 29.2 Å². The highest BCUT2D eigenvalue weighted by molar-refractivity contribution is 6.31. The fourth-order valence-electron chi connectivity index (χ4n) is 3.16. The Morgan fingerprint density at radius 3 is 2.65 bits per heavy atom. The average Bonchev–Trinajstić information content (AvgIpc) is 2.67. The molecule has 0 aliphatic carbocycles. The van der Waals surface area contributed by atoms with Gasteiger partial charge in [-0.2, -0.15) is 0 Å². The van der Waals surface area contributed by atoms with E-state index < -0.39 is 0 Å². The van der Waals surface area contributed by atoms with Crippen LogP contribution >= 0.6 is 11.6 Å². The molecular formula is C20H22ClFN2O2. The summed E-state index contributed by atoms with van der Waals surface area (Å²) in [6.07, 6.45) is 1.65. The highest BCUT2D eigenvalue weighted by Crippen LogP contribution is 2.22. The molecule has 0 spiro atoms. The zero-order valence-electron chi connectivity index (χ0n) is 14.4. The van der Waals surface area contributed by atoms with Gasteiger partial charge in [0.1, 0.15) is 5.82 Å². The molecule has 3 rings (SSSR count). The molecule has 6 heteroatoms. The summed E-state index contributed by atoms with van der Waals surface area (Å²) in [4.78, 5) is 14.5. The van der Waals surface area contributed by atoms with Crippen molar-refractivity contribution in [3.63, 3.8) is 0 Å². The maximum atomic E-state index is 13.9. The minimum Gasteiger partial charge on any atom is -0.396 e. The zero-order valence-corrected chi connectivity index (χ0v) is 15.2. The molecule has 2 N–H and O–H groups in total. The number of nitrogens with zero attached hydrogens (tertiary/aromatic N) is 1. The summed E-state index contributed by atoms with van der Waals surface area (Å²) in [5, 5.41) is 12.7. The Labute approximate surface area is 157 Å². The van der Waals surface area contributed by atoms with E-state index in [2.05, 4.69) is 5.32 Å². The van der Waals surface area contributed by atoms with Gasteiger partial charge in [0.15, 0.2) is 0 Å². The zero-order chi connectivity index (χ0) is 18.5. The monoisotopic (exact) mass is 376 g/mol. The number of aliphatic hydroxyl groups excluding tert-OH is 1. The molecule has 1 saturated heterocycles. The molecule has 2 aromatic carbocycles. The summed E-state index contributed by atoms with van der Waals surface area (Å²) in [5.41, 5.74) is 1.73. The molecule has 1 aliphatic rings. The maximum absolute atomic E-state index is 13.9. The van der Waals surface area contributed by atoms with E-state index in [1.807, 2.05) is 11.0 Å². The number of hydrogen-bond acceptors (Lipinski definition) is 3. The Bertz CT molecular complexity index is 756. The fraction of sp³-hybridized carbons (Fsp3) is 0.350. The van der Waals surface area contributed by atoms with Crippen molar-refractivity contribution in [2.45, 2.75) is 19.4 Å². The number of piperidine rings is 1. The van der Waals surface area contributed by atoms with E-state index in [9.17, 15) is 14.3 Å². The van der Waals surface area contributed by atoms with E-state index in [4.69, 9.17) is 11.6 Å². The highest BCUT2D eigenvalue weighted by atomic mass is 35.5. The van der Waals surface area contributed by atoms with Crippen molar-refractivity contribution in [1.29, 1.82) is 0 Å². The van der Waals surface area contributed by atoms with Crippen LogP contribution in [0, 0.1) is 11.7 Å². The van der Waals surface area contributed by atoms with Gasteiger partial charge in [-0.25, -0.2) is 4.39 Å². The lowest BCUT2D eigenvalue weighted by Crippen LogP contribution is -2.39. The van der Waals surface area contributed by atoms with Crippen LogP contribution in [0.4, 0.5) is 10.1 Å². The van der Waals surface area contributed by atoms with Crippen LogP contribution < -0.4 is 5.32 Å². The molecule has 0 saturated carbocycles. The number of aliphatic hydroxyl groups is 1. The normalized spacial score (nSPS) is 15.1. The number of nitrogens with one attached hydrogen (secondary N) is 1. The Morgan fingerprint density at radius 2 is 1.96 bits per heavy atom. The van der Waals surface area contributed by atoms with Crippen LogP contribution in [-0.2, 0) is 6.54 Å². The first-order chi connectivity index (χ1) is 12.6. The van der Waals surface area contributed by atoms with Gasteiger partial charge in [-0.05, 0) is 49.1 Å². The summed E-state index contributed by atoms with van der Waals surface area (Å²) >= 11 is 6.04. The molecule has 0 radical (unpaired) electrons. The van der Waals surface area contributed by atoms with E-state index in [-0.39, 0.29) is 30.8 Å². The van der Waals surface area contributed by atoms with Crippen LogP contribution in [0.3, 0.4) is 0 Å². The van der Waals surface area contributed by atoms with Crippen molar-refractivity contribution in [2.75, 3.05) is 25.0 Å². The van der Waals surface area contributed by atoms with E-state index in [1.54, 1.807) is 30.3 Å². The minimum atomic E-state index is -0.357. The summed E-state index contributed by atoms with van der Waals surface area (Å²) in [7, 11) is 0. The van der Waals surface area contributed by atoms with Gasteiger partial charge in [0.2, 0.25) is 0 Å². The third kappa shape index (κ3) is 4.34. The van der Waals surface area contributed by atoms with E-state index in [1.165, 1.54) is 6.07 Å². The predicted molar refractivity (Wildman–Crippen MR) is 101 cm³/mol. The lowest BCUT2D eigenvalue weighted by Gasteiger charge is -2.31. The lowest BCUT2D eigenvalue weighted by molar-refractivity contribution is 0.0651. The van der Waals surface area contributed by atoms with Crippen LogP contribution in [0.1, 0.15) is 28.8 Å². The molecule has 4 nitrogen and oxygen atoms in total. The molecule has 1 aliphatic heterocycles. The van der Waals surface area contributed by atoms with Gasteiger partial charge in [-0.3, -0.25) is 4.79 Å². The largest absolute Gasteiger partial charge is 0.396 e.